The number of methoxy groups -OCH3 is 1. The van der Waals surface area contributed by atoms with E-state index in [4.69, 9.17) is 9.47 Å². The van der Waals surface area contributed by atoms with Gasteiger partial charge in [0, 0.05) is 20.9 Å². The zero-order chi connectivity index (χ0) is 24.7. The fourth-order valence-electron chi connectivity index (χ4n) is 3.92. The van der Waals surface area contributed by atoms with E-state index in [1.807, 2.05) is 78.9 Å². The van der Waals surface area contributed by atoms with E-state index in [0.29, 0.717) is 11.3 Å². The summed E-state index contributed by atoms with van der Waals surface area (Å²) in [7, 11) is 1.62. The molecule has 4 nitrogen and oxygen atoms in total. The summed E-state index contributed by atoms with van der Waals surface area (Å²) >= 11 is 1.61. The molecule has 5 heteroatoms. The molecule has 0 aliphatic heterocycles. The lowest BCUT2D eigenvalue weighted by Gasteiger charge is -2.14. The molecule has 0 aromatic heterocycles. The predicted octanol–water partition coefficient (Wildman–Crippen LogP) is 7.83. The maximum absolute atomic E-state index is 13.2. The van der Waals surface area contributed by atoms with Gasteiger partial charge in [-0.25, -0.2) is 0 Å². The molecule has 0 radical (unpaired) electrons. The van der Waals surface area contributed by atoms with Gasteiger partial charge in [0.1, 0.15) is 18.1 Å². The zero-order valence-corrected chi connectivity index (χ0v) is 20.6. The van der Waals surface area contributed by atoms with Crippen LogP contribution in [0.4, 0.5) is 5.69 Å². The lowest BCUT2D eigenvalue weighted by molar-refractivity contribution is 0.102. The average molecular weight is 492 g/mol. The number of carbonyl (C=O) groups excluding carboxylic acids is 1. The van der Waals surface area contributed by atoms with Crippen LogP contribution in [0.25, 0.3) is 10.8 Å². The maximum Gasteiger partial charge on any atom is 0.255 e. The van der Waals surface area contributed by atoms with Gasteiger partial charge in [0.15, 0.2) is 0 Å². The quantitative estimate of drug-likeness (QED) is 0.240. The van der Waals surface area contributed by atoms with E-state index in [1.165, 1.54) is 0 Å². The Balaban J connectivity index is 1.33. The van der Waals surface area contributed by atoms with E-state index >= 15 is 0 Å². The van der Waals surface area contributed by atoms with Crippen molar-refractivity contribution in [1.82, 2.24) is 0 Å². The first-order valence-corrected chi connectivity index (χ1v) is 12.4. The molecule has 0 atom stereocenters. The predicted molar refractivity (Wildman–Crippen MR) is 146 cm³/mol. The summed E-state index contributed by atoms with van der Waals surface area (Å²) in [6.45, 7) is 0.281. The van der Waals surface area contributed by atoms with Crippen molar-refractivity contribution in [2.45, 2.75) is 16.4 Å². The minimum absolute atomic E-state index is 0.189. The Morgan fingerprint density at radius 1 is 0.778 bits per heavy atom. The molecular formula is C31H25NO3S. The molecule has 0 saturated heterocycles. The lowest BCUT2D eigenvalue weighted by Crippen LogP contribution is -2.13. The normalized spacial score (nSPS) is 10.7. The summed E-state index contributed by atoms with van der Waals surface area (Å²) in [6.07, 6.45) is 0. The Morgan fingerprint density at radius 3 is 2.36 bits per heavy atom. The topological polar surface area (TPSA) is 47.6 Å². The molecule has 36 heavy (non-hydrogen) atoms. The SMILES string of the molecule is COc1ccc(C(=O)Nc2ccccc2Sc2ccccc2)cc1COc1ccc2ccccc2c1. The van der Waals surface area contributed by atoms with Crippen molar-refractivity contribution < 1.29 is 14.3 Å². The Hall–Kier alpha value is -4.22. The summed E-state index contributed by atoms with van der Waals surface area (Å²) < 4.78 is 11.6. The molecule has 5 rings (SSSR count). The molecule has 178 valence electrons. The van der Waals surface area contributed by atoms with Gasteiger partial charge in [-0.1, -0.05) is 72.4 Å². The van der Waals surface area contributed by atoms with Crippen LogP contribution in [0.1, 0.15) is 15.9 Å². The highest BCUT2D eigenvalue weighted by molar-refractivity contribution is 7.99. The Kier molecular flexibility index (Phi) is 7.20. The number of amides is 1. The number of rotatable bonds is 8. The first kappa shape index (κ1) is 23.5. The molecule has 0 saturated carbocycles. The third kappa shape index (κ3) is 5.53. The number of benzene rings is 5. The van der Waals surface area contributed by atoms with Gasteiger partial charge in [-0.05, 0) is 65.4 Å². The first-order chi connectivity index (χ1) is 17.7. The Bertz CT molecular complexity index is 1500. The van der Waals surface area contributed by atoms with Crippen molar-refractivity contribution in [2.75, 3.05) is 12.4 Å². The second-order valence-corrected chi connectivity index (χ2v) is 9.31. The molecule has 0 aliphatic rings. The van der Waals surface area contributed by atoms with Gasteiger partial charge in [-0.2, -0.15) is 0 Å². The number of ether oxygens (including phenoxy) is 2. The number of carbonyl (C=O) groups is 1. The maximum atomic E-state index is 13.2. The van der Waals surface area contributed by atoms with E-state index in [9.17, 15) is 4.79 Å². The van der Waals surface area contributed by atoms with Crippen molar-refractivity contribution in [1.29, 1.82) is 0 Å². The van der Waals surface area contributed by atoms with Gasteiger partial charge in [-0.3, -0.25) is 4.79 Å². The van der Waals surface area contributed by atoms with Gasteiger partial charge in [0.2, 0.25) is 0 Å². The molecule has 0 unspecified atom stereocenters. The molecular weight excluding hydrogens is 466 g/mol. The summed E-state index contributed by atoms with van der Waals surface area (Å²) in [4.78, 5) is 15.3. The van der Waals surface area contributed by atoms with Gasteiger partial charge in [0.25, 0.3) is 5.91 Å². The fraction of sp³-hybridized carbons (Fsp3) is 0.0645. The van der Waals surface area contributed by atoms with Crippen molar-refractivity contribution >= 4 is 34.1 Å². The highest BCUT2D eigenvalue weighted by Gasteiger charge is 2.14. The third-order valence-electron chi connectivity index (χ3n) is 5.76. The summed E-state index contributed by atoms with van der Waals surface area (Å²) in [5, 5.41) is 5.34. The van der Waals surface area contributed by atoms with Crippen molar-refractivity contribution in [3.63, 3.8) is 0 Å². The number of hydrogen-bond donors (Lipinski definition) is 1. The first-order valence-electron chi connectivity index (χ1n) is 11.6. The molecule has 1 N–H and O–H groups in total. The van der Waals surface area contributed by atoms with Crippen LogP contribution in [0, 0.1) is 0 Å². The van der Waals surface area contributed by atoms with Crippen LogP contribution >= 0.6 is 11.8 Å². The highest BCUT2D eigenvalue weighted by Crippen LogP contribution is 2.33. The second kappa shape index (κ2) is 11.0. The highest BCUT2D eigenvalue weighted by atomic mass is 32.2. The van der Waals surface area contributed by atoms with E-state index in [0.717, 1.165) is 37.6 Å². The van der Waals surface area contributed by atoms with Crippen LogP contribution < -0.4 is 14.8 Å². The van der Waals surface area contributed by atoms with Gasteiger partial charge < -0.3 is 14.8 Å². The number of nitrogens with one attached hydrogen (secondary N) is 1. The minimum atomic E-state index is -0.189. The van der Waals surface area contributed by atoms with E-state index in [2.05, 4.69) is 29.6 Å². The zero-order valence-electron chi connectivity index (χ0n) is 19.8. The van der Waals surface area contributed by atoms with Crippen LogP contribution in [0.15, 0.2) is 125 Å². The van der Waals surface area contributed by atoms with E-state index in [1.54, 1.807) is 31.0 Å². The summed E-state index contributed by atoms with van der Waals surface area (Å²) in [5.74, 6) is 1.25. The summed E-state index contributed by atoms with van der Waals surface area (Å²) in [6, 6.07) is 37.4. The number of fused-ring (bicyclic) bond motifs is 1. The van der Waals surface area contributed by atoms with Crippen molar-refractivity contribution in [3.8, 4) is 11.5 Å². The van der Waals surface area contributed by atoms with Crippen LogP contribution in [0.2, 0.25) is 0 Å². The largest absolute Gasteiger partial charge is 0.496 e. The third-order valence-corrected chi connectivity index (χ3v) is 6.85. The number of para-hydroxylation sites is 1. The number of anilines is 1. The van der Waals surface area contributed by atoms with Gasteiger partial charge >= 0.3 is 0 Å². The monoisotopic (exact) mass is 491 g/mol. The van der Waals surface area contributed by atoms with E-state index in [-0.39, 0.29) is 12.5 Å². The fourth-order valence-corrected chi connectivity index (χ4v) is 4.84. The molecule has 0 aliphatic carbocycles. The molecule has 5 aromatic carbocycles. The molecule has 0 spiro atoms. The van der Waals surface area contributed by atoms with Crippen LogP contribution in [0.3, 0.4) is 0 Å². The lowest BCUT2D eigenvalue weighted by atomic mass is 10.1. The Morgan fingerprint density at radius 2 is 1.53 bits per heavy atom. The average Bonchev–Trinajstić information content (AvgIpc) is 2.93. The second-order valence-electron chi connectivity index (χ2n) is 8.19. The minimum Gasteiger partial charge on any atom is -0.496 e. The van der Waals surface area contributed by atoms with E-state index < -0.39 is 0 Å². The van der Waals surface area contributed by atoms with Crippen molar-refractivity contribution in [2.24, 2.45) is 0 Å². The van der Waals surface area contributed by atoms with Gasteiger partial charge in [0.05, 0.1) is 12.8 Å². The molecule has 0 heterocycles. The molecule has 0 fully saturated rings. The Labute approximate surface area is 214 Å². The molecule has 0 bridgehead atoms. The standard InChI is InChI=1S/C31H25NO3S/c1-34-29-18-16-24(19-25(29)21-35-26-17-15-22-9-5-6-10-23(22)20-26)31(33)32-28-13-7-8-14-30(28)36-27-11-3-2-4-12-27/h2-20H,21H2,1H3,(H,32,33). The van der Waals surface area contributed by atoms with Crippen LogP contribution in [-0.4, -0.2) is 13.0 Å². The van der Waals surface area contributed by atoms with Crippen LogP contribution in [0.5, 0.6) is 11.5 Å². The smallest absolute Gasteiger partial charge is 0.255 e. The summed E-state index contributed by atoms with van der Waals surface area (Å²) in [5.41, 5.74) is 2.10. The van der Waals surface area contributed by atoms with Gasteiger partial charge in [-0.15, -0.1) is 0 Å². The number of hydrogen-bond acceptors (Lipinski definition) is 4. The van der Waals surface area contributed by atoms with Crippen molar-refractivity contribution in [3.05, 3.63) is 126 Å². The molecule has 1 amide bonds. The van der Waals surface area contributed by atoms with Crippen LogP contribution in [-0.2, 0) is 6.61 Å². The molecule has 5 aromatic rings.